The van der Waals surface area contributed by atoms with Crippen LogP contribution >= 0.6 is 34.8 Å². The topological polar surface area (TPSA) is 38.7 Å². The molecule has 3 nitrogen and oxygen atoms in total. The molecule has 1 unspecified atom stereocenters. The fourth-order valence-electron chi connectivity index (χ4n) is 0.229. The Morgan fingerprint density at radius 2 is 1.92 bits per heavy atom. The van der Waals surface area contributed by atoms with Crippen LogP contribution < -0.4 is 0 Å². The molecule has 0 saturated heterocycles. The molecule has 0 amide bonds. The van der Waals surface area contributed by atoms with E-state index in [1.165, 1.54) is 13.8 Å². The lowest BCUT2D eigenvalue weighted by molar-refractivity contribution is -0.142. The van der Waals surface area contributed by atoms with E-state index in [1.807, 2.05) is 0 Å². The van der Waals surface area contributed by atoms with E-state index in [-0.39, 0.29) is 0 Å². The standard InChI is InChI=1S/C6H8Cl3NO2/c1-3(7)6(11)12-10-4(2)5(8)9/h3,5H,1-2H3/b10-4-. The van der Waals surface area contributed by atoms with Crippen molar-refractivity contribution in [1.29, 1.82) is 0 Å². The van der Waals surface area contributed by atoms with Gasteiger partial charge in [-0.15, -0.1) is 11.6 Å². The lowest BCUT2D eigenvalue weighted by Crippen LogP contribution is -2.13. The van der Waals surface area contributed by atoms with Gasteiger partial charge in [-0.3, -0.25) is 0 Å². The second kappa shape index (κ2) is 5.62. The summed E-state index contributed by atoms with van der Waals surface area (Å²) >= 11 is 16.2. The van der Waals surface area contributed by atoms with Crippen molar-refractivity contribution in [2.24, 2.45) is 5.16 Å². The minimum Gasteiger partial charge on any atom is -0.317 e. The third-order valence-corrected chi connectivity index (χ3v) is 1.73. The Bertz CT molecular complexity index is 191. The Morgan fingerprint density at radius 3 is 2.25 bits per heavy atom. The highest BCUT2D eigenvalue weighted by atomic mass is 35.5. The third-order valence-electron chi connectivity index (χ3n) is 0.920. The predicted molar refractivity (Wildman–Crippen MR) is 50.0 cm³/mol. The molecule has 0 aromatic rings. The minimum absolute atomic E-state index is 0.309. The van der Waals surface area contributed by atoms with Crippen LogP contribution in [0.2, 0.25) is 0 Å². The number of hydrogen-bond donors (Lipinski definition) is 0. The zero-order valence-corrected chi connectivity index (χ0v) is 8.82. The zero-order valence-electron chi connectivity index (χ0n) is 6.55. The van der Waals surface area contributed by atoms with Gasteiger partial charge in [0.1, 0.15) is 10.2 Å². The number of nitrogens with zero attached hydrogens (tertiary/aromatic N) is 1. The minimum atomic E-state index is -0.775. The molecule has 0 spiro atoms. The summed E-state index contributed by atoms with van der Waals surface area (Å²) in [5, 5.41) is 2.63. The quantitative estimate of drug-likeness (QED) is 0.324. The largest absolute Gasteiger partial charge is 0.352 e. The van der Waals surface area contributed by atoms with Crippen molar-refractivity contribution in [1.82, 2.24) is 0 Å². The van der Waals surface area contributed by atoms with Crippen LogP contribution in [-0.4, -0.2) is 21.9 Å². The second-order valence-electron chi connectivity index (χ2n) is 2.06. The van der Waals surface area contributed by atoms with Crippen molar-refractivity contribution in [3.8, 4) is 0 Å². The second-order valence-corrected chi connectivity index (χ2v) is 3.81. The SMILES string of the molecule is C/C(=N/OC(=O)C(C)Cl)C(Cl)Cl. The summed E-state index contributed by atoms with van der Waals surface area (Å²) in [6.07, 6.45) is 0. The molecule has 12 heavy (non-hydrogen) atoms. The van der Waals surface area contributed by atoms with Crippen LogP contribution in [0.1, 0.15) is 13.8 Å². The summed E-state index contributed by atoms with van der Waals surface area (Å²) in [6.45, 7) is 3.02. The Labute approximate surface area is 85.6 Å². The van der Waals surface area contributed by atoms with Crippen LogP contribution in [0.15, 0.2) is 5.16 Å². The lowest BCUT2D eigenvalue weighted by atomic mass is 10.5. The summed E-state index contributed by atoms with van der Waals surface area (Å²) in [5.74, 6) is -0.634. The number of carbonyl (C=O) groups is 1. The Kier molecular flexibility index (Phi) is 5.63. The summed E-state index contributed by atoms with van der Waals surface area (Å²) < 4.78 is 0. The van der Waals surface area contributed by atoms with Crippen molar-refractivity contribution in [2.45, 2.75) is 24.1 Å². The van der Waals surface area contributed by atoms with E-state index in [9.17, 15) is 4.79 Å². The van der Waals surface area contributed by atoms with Crippen LogP contribution in [0, 0.1) is 0 Å². The maximum Gasteiger partial charge on any atom is 0.352 e. The molecule has 0 rings (SSSR count). The number of alkyl halides is 3. The van der Waals surface area contributed by atoms with Gasteiger partial charge < -0.3 is 4.84 Å². The number of hydrogen-bond acceptors (Lipinski definition) is 3. The van der Waals surface area contributed by atoms with Crippen LogP contribution in [0.25, 0.3) is 0 Å². The number of oxime groups is 1. The molecule has 0 radical (unpaired) electrons. The van der Waals surface area contributed by atoms with Gasteiger partial charge in [0.05, 0.1) is 5.71 Å². The van der Waals surface area contributed by atoms with Crippen LogP contribution in [-0.2, 0) is 9.63 Å². The van der Waals surface area contributed by atoms with Gasteiger partial charge in [0.25, 0.3) is 0 Å². The Hall–Kier alpha value is 0.01000. The third kappa shape index (κ3) is 4.80. The highest BCUT2D eigenvalue weighted by Crippen LogP contribution is 2.05. The molecule has 0 aliphatic carbocycles. The molecule has 0 bridgehead atoms. The van der Waals surface area contributed by atoms with E-state index in [4.69, 9.17) is 34.8 Å². The van der Waals surface area contributed by atoms with Crippen LogP contribution in [0.3, 0.4) is 0 Å². The molecular formula is C6H8Cl3NO2. The van der Waals surface area contributed by atoms with E-state index >= 15 is 0 Å². The average molecular weight is 232 g/mol. The van der Waals surface area contributed by atoms with E-state index in [1.54, 1.807) is 0 Å². The number of rotatable bonds is 3. The zero-order chi connectivity index (χ0) is 9.72. The molecule has 70 valence electrons. The molecule has 6 heteroatoms. The lowest BCUT2D eigenvalue weighted by Gasteiger charge is -2.01. The summed E-state index contributed by atoms with van der Waals surface area (Å²) in [4.78, 5) is 14.3. The molecule has 0 fully saturated rings. The molecule has 0 aliphatic rings. The molecule has 0 saturated carbocycles. The first-order valence-electron chi connectivity index (χ1n) is 3.12. The fraction of sp³-hybridized carbons (Fsp3) is 0.667. The Morgan fingerprint density at radius 1 is 1.42 bits per heavy atom. The first-order valence-corrected chi connectivity index (χ1v) is 4.43. The fourth-order valence-corrected chi connectivity index (χ4v) is 0.349. The Balaban J connectivity index is 3.96. The first kappa shape index (κ1) is 12.0. The maximum atomic E-state index is 10.7. The van der Waals surface area contributed by atoms with Crippen LogP contribution in [0.4, 0.5) is 0 Å². The van der Waals surface area contributed by atoms with Crippen molar-refractivity contribution < 1.29 is 9.63 Å². The summed E-state index contributed by atoms with van der Waals surface area (Å²) in [6, 6.07) is 0. The summed E-state index contributed by atoms with van der Waals surface area (Å²) in [5.41, 5.74) is 0.309. The van der Waals surface area contributed by atoms with Crippen molar-refractivity contribution >= 4 is 46.5 Å². The highest BCUT2D eigenvalue weighted by molar-refractivity contribution is 6.54. The van der Waals surface area contributed by atoms with Gasteiger partial charge in [-0.1, -0.05) is 28.4 Å². The predicted octanol–water partition coefficient (Wildman–Crippen LogP) is 2.34. The average Bonchev–Trinajstić information content (AvgIpc) is 1.98. The van der Waals surface area contributed by atoms with Crippen LogP contribution in [0.5, 0.6) is 0 Å². The van der Waals surface area contributed by atoms with Crippen molar-refractivity contribution in [2.75, 3.05) is 0 Å². The van der Waals surface area contributed by atoms with E-state index in [2.05, 4.69) is 9.99 Å². The highest BCUT2D eigenvalue weighted by Gasteiger charge is 2.11. The van der Waals surface area contributed by atoms with Gasteiger partial charge >= 0.3 is 5.97 Å². The molecular weight excluding hydrogens is 224 g/mol. The molecule has 0 N–H and O–H groups in total. The van der Waals surface area contributed by atoms with Crippen molar-refractivity contribution in [3.05, 3.63) is 0 Å². The van der Waals surface area contributed by atoms with E-state index < -0.39 is 16.2 Å². The van der Waals surface area contributed by atoms with Gasteiger partial charge in [0, 0.05) is 0 Å². The van der Waals surface area contributed by atoms with Gasteiger partial charge in [-0.2, -0.15) is 0 Å². The molecule has 1 atom stereocenters. The smallest absolute Gasteiger partial charge is 0.317 e. The summed E-state index contributed by atoms with van der Waals surface area (Å²) in [7, 11) is 0. The normalized spacial score (nSPS) is 14.7. The van der Waals surface area contributed by atoms with Crippen molar-refractivity contribution in [3.63, 3.8) is 0 Å². The molecule has 0 aromatic heterocycles. The van der Waals surface area contributed by atoms with Gasteiger partial charge in [-0.25, -0.2) is 4.79 Å². The van der Waals surface area contributed by atoms with Gasteiger partial charge in [-0.05, 0) is 13.8 Å². The molecule has 0 aromatic carbocycles. The molecule has 0 aliphatic heterocycles. The maximum absolute atomic E-state index is 10.7. The van der Waals surface area contributed by atoms with E-state index in [0.29, 0.717) is 5.71 Å². The monoisotopic (exact) mass is 231 g/mol. The molecule has 0 heterocycles. The van der Waals surface area contributed by atoms with Gasteiger partial charge in [0.15, 0.2) is 0 Å². The number of carbonyl (C=O) groups excluding carboxylic acids is 1. The van der Waals surface area contributed by atoms with Gasteiger partial charge in [0.2, 0.25) is 0 Å². The van der Waals surface area contributed by atoms with E-state index in [0.717, 1.165) is 0 Å². The number of halogens is 3. The first-order chi connectivity index (χ1) is 5.45.